The lowest BCUT2D eigenvalue weighted by Crippen LogP contribution is -2.37. The first-order chi connectivity index (χ1) is 11.2. The summed E-state index contributed by atoms with van der Waals surface area (Å²) in [5, 5.41) is 10.3. The summed E-state index contributed by atoms with van der Waals surface area (Å²) in [6.45, 7) is 1.51. The topological polar surface area (TPSA) is 77.4 Å². The van der Waals surface area contributed by atoms with Gasteiger partial charge in [-0.1, -0.05) is 18.2 Å². The Morgan fingerprint density at radius 1 is 1.52 bits per heavy atom. The van der Waals surface area contributed by atoms with Crippen molar-refractivity contribution in [1.82, 2.24) is 20.4 Å². The molecule has 1 aromatic carbocycles. The molecule has 0 spiro atoms. The van der Waals surface area contributed by atoms with Crippen molar-refractivity contribution in [2.45, 2.75) is 12.6 Å². The number of aromatic nitrogens is 2. The number of para-hydroxylation sites is 1. The first-order valence-corrected chi connectivity index (χ1v) is 7.48. The molecule has 0 bridgehead atoms. The van der Waals surface area contributed by atoms with E-state index in [9.17, 15) is 4.79 Å². The van der Waals surface area contributed by atoms with Crippen molar-refractivity contribution in [3.63, 3.8) is 0 Å². The van der Waals surface area contributed by atoms with E-state index in [4.69, 9.17) is 9.47 Å². The average Bonchev–Trinajstić information content (AvgIpc) is 2.79. The minimum Gasteiger partial charge on any atom is -0.492 e. The summed E-state index contributed by atoms with van der Waals surface area (Å²) in [7, 11) is 3.38. The largest absolute Gasteiger partial charge is 0.492 e. The van der Waals surface area contributed by atoms with Crippen LogP contribution < -0.4 is 20.1 Å². The fraction of sp³-hybridized carbons (Fsp3) is 0.375. The normalized spacial score (nSPS) is 16.9. The molecule has 1 aliphatic heterocycles. The van der Waals surface area contributed by atoms with Crippen molar-refractivity contribution < 1.29 is 14.3 Å². The van der Waals surface area contributed by atoms with E-state index in [0.717, 1.165) is 16.9 Å². The third-order valence-electron chi connectivity index (χ3n) is 3.71. The van der Waals surface area contributed by atoms with Crippen LogP contribution in [-0.2, 0) is 18.4 Å². The standard InChI is InChI=1S/C16H20N4O3/c1-20-10-11(16(19-20)22-2)9-18-15(21)14-12-5-3-4-6-13(12)23-8-7-17-14/h3-6,10,14,17H,7-9H2,1-2H3,(H,18,21). The Balaban J connectivity index is 1.73. The summed E-state index contributed by atoms with van der Waals surface area (Å²) in [6, 6.07) is 7.16. The Bertz CT molecular complexity index is 698. The lowest BCUT2D eigenvalue weighted by atomic mass is 10.1. The van der Waals surface area contributed by atoms with Crippen molar-refractivity contribution in [2.75, 3.05) is 20.3 Å². The number of nitrogens with one attached hydrogen (secondary N) is 2. The van der Waals surface area contributed by atoms with Crippen LogP contribution >= 0.6 is 0 Å². The zero-order valence-electron chi connectivity index (χ0n) is 13.2. The van der Waals surface area contributed by atoms with E-state index < -0.39 is 6.04 Å². The zero-order valence-corrected chi connectivity index (χ0v) is 13.2. The molecule has 2 heterocycles. The number of hydrogen-bond acceptors (Lipinski definition) is 5. The molecule has 7 heteroatoms. The monoisotopic (exact) mass is 316 g/mol. The van der Waals surface area contributed by atoms with Crippen LogP contribution in [-0.4, -0.2) is 35.9 Å². The summed E-state index contributed by atoms with van der Waals surface area (Å²) < 4.78 is 12.5. The van der Waals surface area contributed by atoms with E-state index in [1.54, 1.807) is 11.8 Å². The zero-order chi connectivity index (χ0) is 16.2. The van der Waals surface area contributed by atoms with Crippen LogP contribution in [0.3, 0.4) is 0 Å². The second-order valence-electron chi connectivity index (χ2n) is 5.33. The van der Waals surface area contributed by atoms with Gasteiger partial charge in [0.1, 0.15) is 18.4 Å². The third-order valence-corrected chi connectivity index (χ3v) is 3.71. The summed E-state index contributed by atoms with van der Waals surface area (Å²) in [5.41, 5.74) is 1.68. The van der Waals surface area contributed by atoms with E-state index >= 15 is 0 Å². The third kappa shape index (κ3) is 3.29. The van der Waals surface area contributed by atoms with Gasteiger partial charge in [0.15, 0.2) is 0 Å². The van der Waals surface area contributed by atoms with Gasteiger partial charge in [0.05, 0.1) is 12.7 Å². The van der Waals surface area contributed by atoms with E-state index in [2.05, 4.69) is 15.7 Å². The van der Waals surface area contributed by atoms with Gasteiger partial charge >= 0.3 is 0 Å². The van der Waals surface area contributed by atoms with Gasteiger partial charge < -0.3 is 14.8 Å². The molecule has 1 unspecified atom stereocenters. The number of methoxy groups -OCH3 is 1. The van der Waals surface area contributed by atoms with Crippen molar-refractivity contribution in [2.24, 2.45) is 7.05 Å². The van der Waals surface area contributed by atoms with E-state index in [-0.39, 0.29) is 5.91 Å². The molecule has 2 aromatic rings. The SMILES string of the molecule is COc1nn(C)cc1CNC(=O)C1NCCOc2ccccc21. The van der Waals surface area contributed by atoms with Crippen LogP contribution in [0.2, 0.25) is 0 Å². The van der Waals surface area contributed by atoms with Gasteiger partial charge in [0.25, 0.3) is 0 Å². The highest BCUT2D eigenvalue weighted by Crippen LogP contribution is 2.27. The molecule has 1 atom stereocenters. The van der Waals surface area contributed by atoms with Crippen LogP contribution in [0.5, 0.6) is 11.6 Å². The van der Waals surface area contributed by atoms with Gasteiger partial charge in [0, 0.05) is 31.9 Å². The maximum absolute atomic E-state index is 12.6. The maximum atomic E-state index is 12.6. The van der Waals surface area contributed by atoms with E-state index in [0.29, 0.717) is 25.6 Å². The van der Waals surface area contributed by atoms with Gasteiger partial charge in [-0.2, -0.15) is 0 Å². The van der Waals surface area contributed by atoms with Gasteiger partial charge in [-0.05, 0) is 6.07 Å². The molecule has 1 aliphatic rings. The van der Waals surface area contributed by atoms with Gasteiger partial charge in [-0.15, -0.1) is 5.10 Å². The number of benzene rings is 1. The molecule has 1 amide bonds. The van der Waals surface area contributed by atoms with Crippen molar-refractivity contribution in [1.29, 1.82) is 0 Å². The molecular weight excluding hydrogens is 296 g/mol. The van der Waals surface area contributed by atoms with E-state index in [1.165, 1.54) is 0 Å². The predicted octanol–water partition coefficient (Wildman–Crippen LogP) is 0.768. The molecule has 0 aliphatic carbocycles. The highest BCUT2D eigenvalue weighted by molar-refractivity contribution is 5.84. The van der Waals surface area contributed by atoms with Gasteiger partial charge in [-0.25, -0.2) is 0 Å². The average molecular weight is 316 g/mol. The Morgan fingerprint density at radius 2 is 2.35 bits per heavy atom. The molecule has 23 heavy (non-hydrogen) atoms. The fourth-order valence-electron chi connectivity index (χ4n) is 2.65. The van der Waals surface area contributed by atoms with Crippen molar-refractivity contribution in [3.05, 3.63) is 41.6 Å². The van der Waals surface area contributed by atoms with Crippen LogP contribution in [0.1, 0.15) is 17.2 Å². The molecule has 0 radical (unpaired) electrons. The molecule has 0 saturated heterocycles. The second kappa shape index (κ2) is 6.70. The summed E-state index contributed by atoms with van der Waals surface area (Å²) in [5.74, 6) is 1.16. The van der Waals surface area contributed by atoms with Crippen molar-refractivity contribution in [3.8, 4) is 11.6 Å². The van der Waals surface area contributed by atoms with Gasteiger partial charge in [-0.3, -0.25) is 14.8 Å². The Labute approximate surface area is 134 Å². The first kappa shape index (κ1) is 15.4. The lowest BCUT2D eigenvalue weighted by molar-refractivity contribution is -0.123. The summed E-state index contributed by atoms with van der Waals surface area (Å²) in [6.07, 6.45) is 1.83. The Morgan fingerprint density at radius 3 is 3.17 bits per heavy atom. The number of hydrogen-bond donors (Lipinski definition) is 2. The number of ether oxygens (including phenoxy) is 2. The molecule has 122 valence electrons. The van der Waals surface area contributed by atoms with Crippen LogP contribution in [0, 0.1) is 0 Å². The van der Waals surface area contributed by atoms with Gasteiger partial charge in [0.2, 0.25) is 11.8 Å². The molecule has 7 nitrogen and oxygen atoms in total. The number of fused-ring (bicyclic) bond motifs is 1. The molecule has 2 N–H and O–H groups in total. The first-order valence-electron chi connectivity index (χ1n) is 7.48. The molecule has 0 fully saturated rings. The number of nitrogens with zero attached hydrogens (tertiary/aromatic N) is 2. The number of carbonyl (C=O) groups is 1. The Kier molecular flexibility index (Phi) is 4.47. The highest BCUT2D eigenvalue weighted by Gasteiger charge is 2.25. The van der Waals surface area contributed by atoms with Crippen LogP contribution in [0.15, 0.2) is 30.5 Å². The highest BCUT2D eigenvalue weighted by atomic mass is 16.5. The van der Waals surface area contributed by atoms with Crippen LogP contribution in [0.4, 0.5) is 0 Å². The number of aryl methyl sites for hydroxylation is 1. The number of carbonyl (C=O) groups excluding carboxylic acids is 1. The quantitative estimate of drug-likeness (QED) is 0.871. The number of amides is 1. The Hall–Kier alpha value is -2.54. The van der Waals surface area contributed by atoms with E-state index in [1.807, 2.05) is 37.5 Å². The molecular formula is C16H20N4O3. The molecule has 1 aromatic heterocycles. The van der Waals surface area contributed by atoms with Crippen LogP contribution in [0.25, 0.3) is 0 Å². The fourth-order valence-corrected chi connectivity index (χ4v) is 2.65. The summed E-state index contributed by atoms with van der Waals surface area (Å²) >= 11 is 0. The second-order valence-corrected chi connectivity index (χ2v) is 5.33. The molecule has 3 rings (SSSR count). The predicted molar refractivity (Wildman–Crippen MR) is 84.3 cm³/mol. The smallest absolute Gasteiger partial charge is 0.242 e. The maximum Gasteiger partial charge on any atom is 0.242 e. The minimum absolute atomic E-state index is 0.103. The van der Waals surface area contributed by atoms with Crippen molar-refractivity contribution >= 4 is 5.91 Å². The summed E-state index contributed by atoms with van der Waals surface area (Å²) in [4.78, 5) is 12.6. The lowest BCUT2D eigenvalue weighted by Gasteiger charge is -2.17. The minimum atomic E-state index is -0.434. The molecule has 0 saturated carbocycles. The number of rotatable bonds is 4.